The average molecular weight is 667 g/mol. The number of fused-ring (bicyclic) bond motifs is 4. The molecule has 4 fully saturated rings. The number of benzene rings is 2. The fourth-order valence-corrected chi connectivity index (χ4v) is 8.62. The number of ether oxygens (including phenoxy) is 3. The summed E-state index contributed by atoms with van der Waals surface area (Å²) < 4.78 is 19.7. The second kappa shape index (κ2) is 15.9. The number of amides is 1. The summed E-state index contributed by atoms with van der Waals surface area (Å²) in [5, 5.41) is 39.2. The first-order valence-electron chi connectivity index (χ1n) is 18.4. The van der Waals surface area contributed by atoms with Gasteiger partial charge in [0.15, 0.2) is 6.61 Å². The smallest absolute Gasteiger partial charge is 0.262 e. The summed E-state index contributed by atoms with van der Waals surface area (Å²) in [4.78, 5) is 11.7. The number of unbranched alkanes of at least 4 members (excludes halogenated alkanes) is 1. The summed E-state index contributed by atoms with van der Waals surface area (Å²) in [7, 11) is 0. The quantitative estimate of drug-likeness (QED) is 0.0910. The molecule has 264 valence electrons. The summed E-state index contributed by atoms with van der Waals surface area (Å²) in [6, 6.07) is 13.1. The van der Waals surface area contributed by atoms with Gasteiger partial charge in [-0.3, -0.25) is 10.1 Å². The van der Waals surface area contributed by atoms with E-state index in [9.17, 15) is 20.1 Å². The Labute approximate surface area is 285 Å². The highest BCUT2D eigenvalue weighted by molar-refractivity contribution is 5.96. The van der Waals surface area contributed by atoms with Crippen LogP contribution >= 0.6 is 0 Å². The normalized spacial score (nSPS) is 26.4. The fraction of sp³-hybridized carbons (Fsp3) is 0.658. The number of aliphatic hydroxyl groups is 2. The van der Waals surface area contributed by atoms with Crippen molar-refractivity contribution in [1.82, 2.24) is 5.32 Å². The van der Waals surface area contributed by atoms with Crippen molar-refractivity contribution in [2.75, 3.05) is 57.9 Å². The van der Waals surface area contributed by atoms with Crippen molar-refractivity contribution in [2.45, 2.75) is 95.2 Å². The first kappa shape index (κ1) is 35.1. The van der Waals surface area contributed by atoms with Gasteiger partial charge < -0.3 is 39.3 Å². The maximum Gasteiger partial charge on any atom is 0.262 e. The van der Waals surface area contributed by atoms with Gasteiger partial charge in [-0.05, 0) is 49.7 Å². The second-order valence-electron chi connectivity index (χ2n) is 14.7. The van der Waals surface area contributed by atoms with Crippen molar-refractivity contribution >= 4 is 11.6 Å². The monoisotopic (exact) mass is 666 g/mol. The number of hydrogen-bond acceptors (Lipinski definition) is 8. The molecule has 48 heavy (non-hydrogen) atoms. The molecule has 4 aliphatic heterocycles. The minimum atomic E-state index is -0.946. The van der Waals surface area contributed by atoms with Crippen LogP contribution in [0.4, 0.5) is 5.69 Å². The van der Waals surface area contributed by atoms with E-state index in [0.717, 1.165) is 61.7 Å². The molecule has 4 heterocycles. The highest BCUT2D eigenvalue weighted by Crippen LogP contribution is 2.43. The number of nitrogens with zero attached hydrogens (tertiary/aromatic N) is 1. The van der Waals surface area contributed by atoms with Gasteiger partial charge in [0.05, 0.1) is 38.0 Å². The van der Waals surface area contributed by atoms with Crippen molar-refractivity contribution in [3.05, 3.63) is 53.6 Å². The van der Waals surface area contributed by atoms with E-state index < -0.39 is 11.7 Å². The molecule has 0 spiro atoms. The van der Waals surface area contributed by atoms with Crippen molar-refractivity contribution in [2.24, 2.45) is 11.8 Å². The SMILES string of the molecule is CCCC(NC[C@H](O)c1cc(O)cc2c1OCC(=O)N2)OCCCC[N+]12CCC(CC1)[C@@H](OCC(O)(c1ccccc1)C1CCCC1)C2. The molecule has 2 aromatic carbocycles. The lowest BCUT2D eigenvalue weighted by Gasteiger charge is -2.53. The van der Waals surface area contributed by atoms with Crippen LogP contribution < -0.4 is 15.4 Å². The molecule has 1 amide bonds. The molecule has 5 aliphatic rings. The Kier molecular flexibility index (Phi) is 11.6. The van der Waals surface area contributed by atoms with Gasteiger partial charge in [-0.15, -0.1) is 0 Å². The molecule has 1 aliphatic carbocycles. The van der Waals surface area contributed by atoms with Gasteiger partial charge >= 0.3 is 0 Å². The Balaban J connectivity index is 0.962. The minimum absolute atomic E-state index is 0.0464. The molecular formula is C38H56N3O7+. The van der Waals surface area contributed by atoms with Crippen LogP contribution in [-0.2, 0) is 19.9 Å². The first-order valence-corrected chi connectivity index (χ1v) is 18.4. The number of phenolic OH excluding ortho intramolecular Hbond substituents is 1. The number of carbonyl (C=O) groups excluding carboxylic acids is 1. The number of rotatable bonds is 17. The lowest BCUT2D eigenvalue weighted by molar-refractivity contribution is -0.946. The van der Waals surface area contributed by atoms with Crippen molar-refractivity contribution in [3.8, 4) is 11.5 Å². The highest BCUT2D eigenvalue weighted by atomic mass is 16.5. The summed E-state index contributed by atoms with van der Waals surface area (Å²) in [6.07, 6.45) is 9.73. The molecule has 3 saturated heterocycles. The van der Waals surface area contributed by atoms with Crippen LogP contribution in [0.3, 0.4) is 0 Å². The van der Waals surface area contributed by atoms with Crippen LogP contribution in [-0.4, -0.2) is 90.6 Å². The first-order chi connectivity index (χ1) is 23.3. The van der Waals surface area contributed by atoms with Gasteiger partial charge in [0.1, 0.15) is 36.0 Å². The molecule has 0 radical (unpaired) electrons. The van der Waals surface area contributed by atoms with E-state index in [-0.39, 0.29) is 43.1 Å². The second-order valence-corrected chi connectivity index (χ2v) is 14.7. The molecule has 4 atom stereocenters. The van der Waals surface area contributed by atoms with E-state index in [0.29, 0.717) is 36.1 Å². The summed E-state index contributed by atoms with van der Waals surface area (Å²) >= 11 is 0. The summed E-state index contributed by atoms with van der Waals surface area (Å²) in [5.41, 5.74) is 0.868. The van der Waals surface area contributed by atoms with Crippen LogP contribution in [0.25, 0.3) is 0 Å². The lowest BCUT2D eigenvalue weighted by atomic mass is 9.80. The van der Waals surface area contributed by atoms with Gasteiger partial charge in [-0.2, -0.15) is 0 Å². The standard InChI is InChI=1S/C38H55N3O7/c1-2-10-36(39-23-33(43)31-21-30(42)22-32-37(31)47-25-35(44)40-32)46-20-9-8-17-41-18-15-27(16-19-41)34(24-41)48-26-38(45,29-13-6-7-14-29)28-11-4-3-5-12-28/h3-5,11-12,21-22,27,29,33-34,36,39,43,45H,2,6-10,13-20,23-26H2,1H3,(H-,40,42,44)/p+1/t27?,33-,34-,36?,38?,41?/m0/s1. The number of hydrogen-bond donors (Lipinski definition) is 5. The van der Waals surface area contributed by atoms with Gasteiger partial charge in [0, 0.05) is 43.5 Å². The maximum absolute atomic E-state index is 12.0. The van der Waals surface area contributed by atoms with Crippen LogP contribution in [0, 0.1) is 11.8 Å². The zero-order chi connectivity index (χ0) is 33.6. The molecular weight excluding hydrogens is 610 g/mol. The van der Waals surface area contributed by atoms with E-state index in [1.165, 1.54) is 50.9 Å². The largest absolute Gasteiger partial charge is 0.508 e. The summed E-state index contributed by atoms with van der Waals surface area (Å²) in [6.45, 7) is 7.80. The number of carbonyl (C=O) groups is 1. The molecule has 1 saturated carbocycles. The van der Waals surface area contributed by atoms with E-state index in [4.69, 9.17) is 14.2 Å². The number of nitrogens with one attached hydrogen (secondary N) is 2. The number of aliphatic hydroxyl groups excluding tert-OH is 1. The van der Waals surface area contributed by atoms with Gasteiger partial charge in [0.2, 0.25) is 0 Å². The van der Waals surface area contributed by atoms with Crippen molar-refractivity contribution in [1.29, 1.82) is 0 Å². The van der Waals surface area contributed by atoms with Gasteiger partial charge in [-0.1, -0.05) is 56.5 Å². The zero-order valence-corrected chi connectivity index (χ0v) is 28.6. The Bertz CT molecular complexity index is 1350. The van der Waals surface area contributed by atoms with Crippen LogP contribution in [0.5, 0.6) is 11.5 Å². The molecule has 10 heteroatoms. The molecule has 2 bridgehead atoms. The Morgan fingerprint density at radius 1 is 1.10 bits per heavy atom. The van der Waals surface area contributed by atoms with Crippen molar-refractivity contribution in [3.63, 3.8) is 0 Å². The summed E-state index contributed by atoms with van der Waals surface area (Å²) in [5.74, 6) is 0.890. The fourth-order valence-electron chi connectivity index (χ4n) is 8.62. The van der Waals surface area contributed by atoms with Crippen LogP contribution in [0.2, 0.25) is 0 Å². The molecule has 5 N–H and O–H groups in total. The topological polar surface area (TPSA) is 130 Å². The highest BCUT2D eigenvalue weighted by Gasteiger charge is 2.48. The van der Waals surface area contributed by atoms with E-state index >= 15 is 0 Å². The molecule has 0 aromatic heterocycles. The predicted molar refractivity (Wildman–Crippen MR) is 184 cm³/mol. The number of phenols is 1. The zero-order valence-electron chi connectivity index (χ0n) is 28.6. The molecule has 2 aromatic rings. The maximum atomic E-state index is 12.0. The lowest BCUT2D eigenvalue weighted by Crippen LogP contribution is -2.64. The third-order valence-electron chi connectivity index (χ3n) is 11.4. The number of anilines is 1. The third-order valence-corrected chi connectivity index (χ3v) is 11.4. The van der Waals surface area contributed by atoms with Crippen LogP contribution in [0.15, 0.2) is 42.5 Å². The van der Waals surface area contributed by atoms with Gasteiger partial charge in [0.25, 0.3) is 5.91 Å². The van der Waals surface area contributed by atoms with Gasteiger partial charge in [-0.25, -0.2) is 0 Å². The van der Waals surface area contributed by atoms with Crippen LogP contribution in [0.1, 0.15) is 88.4 Å². The Morgan fingerprint density at radius 3 is 2.62 bits per heavy atom. The van der Waals surface area contributed by atoms with E-state index in [1.54, 1.807) is 0 Å². The number of aromatic hydroxyl groups is 1. The minimum Gasteiger partial charge on any atom is -0.508 e. The van der Waals surface area contributed by atoms with E-state index in [2.05, 4.69) is 29.7 Å². The number of quaternary nitrogens is 1. The molecule has 7 rings (SSSR count). The van der Waals surface area contributed by atoms with E-state index in [1.807, 2.05) is 18.2 Å². The predicted octanol–water partition coefficient (Wildman–Crippen LogP) is 4.97. The van der Waals surface area contributed by atoms with Crippen molar-refractivity contribution < 1.29 is 38.8 Å². The molecule has 10 nitrogen and oxygen atoms in total. The Morgan fingerprint density at radius 2 is 1.88 bits per heavy atom. The molecule has 2 unspecified atom stereocenters. The average Bonchev–Trinajstić information content (AvgIpc) is 3.66. The Hall–Kier alpha value is -2.73. The third kappa shape index (κ3) is 8.17. The number of piperidine rings is 3.